The zero-order chi connectivity index (χ0) is 14.9. The summed E-state index contributed by atoms with van der Waals surface area (Å²) in [7, 11) is 0. The minimum Gasteiger partial charge on any atom is -0.618 e. The third-order valence-electron chi connectivity index (χ3n) is 3.51. The average Bonchev–Trinajstić information content (AvgIpc) is 2.97. The molecule has 0 N–H and O–H groups in total. The molecule has 0 spiro atoms. The minimum atomic E-state index is 0.678. The van der Waals surface area contributed by atoms with Gasteiger partial charge in [0.2, 0.25) is 11.7 Å². The van der Waals surface area contributed by atoms with Crippen LogP contribution in [-0.2, 0) is 0 Å². The molecule has 0 unspecified atom stereocenters. The van der Waals surface area contributed by atoms with Gasteiger partial charge in [-0.25, -0.2) is 4.98 Å². The standard InChI is InChI=1S/C18H12N2OS/c21-20-12-15-18(14-8-4-5-9-16(14)20)22-17(19-15)11-10-13-6-2-1-3-7-13/h1-12H/b11-10+. The fourth-order valence-corrected chi connectivity index (χ4v) is 3.45. The van der Waals surface area contributed by atoms with Gasteiger partial charge in [-0.05, 0) is 17.7 Å². The van der Waals surface area contributed by atoms with Gasteiger partial charge >= 0.3 is 0 Å². The van der Waals surface area contributed by atoms with Crippen molar-refractivity contribution in [1.29, 1.82) is 0 Å². The van der Waals surface area contributed by atoms with Crippen LogP contribution in [0.25, 0.3) is 33.3 Å². The van der Waals surface area contributed by atoms with E-state index in [1.165, 1.54) is 0 Å². The van der Waals surface area contributed by atoms with Crippen molar-refractivity contribution in [3.05, 3.63) is 76.6 Å². The summed E-state index contributed by atoms with van der Waals surface area (Å²) in [6, 6.07) is 17.7. The zero-order valence-corrected chi connectivity index (χ0v) is 12.5. The van der Waals surface area contributed by atoms with E-state index in [0.717, 1.165) is 30.9 Å². The highest BCUT2D eigenvalue weighted by atomic mass is 32.1. The van der Waals surface area contributed by atoms with Crippen LogP contribution < -0.4 is 4.73 Å². The highest BCUT2D eigenvalue weighted by Gasteiger charge is 2.12. The number of aromatic nitrogens is 2. The maximum atomic E-state index is 12.0. The number of benzene rings is 2. The Morgan fingerprint density at radius 1 is 0.955 bits per heavy atom. The summed E-state index contributed by atoms with van der Waals surface area (Å²) in [5.74, 6) is 0. The monoisotopic (exact) mass is 304 g/mol. The van der Waals surface area contributed by atoms with Crippen LogP contribution >= 0.6 is 11.3 Å². The Labute approximate surface area is 131 Å². The first-order valence-electron chi connectivity index (χ1n) is 6.96. The Morgan fingerprint density at radius 2 is 1.73 bits per heavy atom. The zero-order valence-electron chi connectivity index (χ0n) is 11.6. The van der Waals surface area contributed by atoms with Crippen molar-refractivity contribution < 1.29 is 4.73 Å². The van der Waals surface area contributed by atoms with Crippen molar-refractivity contribution in [2.75, 3.05) is 0 Å². The molecule has 2 aromatic heterocycles. The summed E-state index contributed by atoms with van der Waals surface area (Å²) in [5.41, 5.74) is 2.55. The molecule has 0 radical (unpaired) electrons. The number of hydrogen-bond donors (Lipinski definition) is 0. The van der Waals surface area contributed by atoms with Gasteiger partial charge in [0.15, 0.2) is 0 Å². The SMILES string of the molecule is [O-][n+]1cc2nc(/C=C/c3ccccc3)sc2c2ccccc21. The molecule has 4 heteroatoms. The lowest BCUT2D eigenvalue weighted by atomic mass is 10.2. The van der Waals surface area contributed by atoms with E-state index in [0.29, 0.717) is 5.52 Å². The Balaban J connectivity index is 1.84. The number of rotatable bonds is 2. The minimum absolute atomic E-state index is 0.678. The van der Waals surface area contributed by atoms with Crippen molar-refractivity contribution in [3.63, 3.8) is 0 Å². The lowest BCUT2D eigenvalue weighted by Crippen LogP contribution is -2.26. The summed E-state index contributed by atoms with van der Waals surface area (Å²) in [6.07, 6.45) is 5.57. The molecule has 0 aliphatic rings. The molecule has 4 rings (SSSR count). The van der Waals surface area contributed by atoms with Crippen LogP contribution in [0.3, 0.4) is 0 Å². The second kappa shape index (κ2) is 5.24. The average molecular weight is 304 g/mol. The third-order valence-corrected chi connectivity index (χ3v) is 4.58. The van der Waals surface area contributed by atoms with Gasteiger partial charge in [0.25, 0.3) is 0 Å². The Kier molecular flexibility index (Phi) is 3.09. The van der Waals surface area contributed by atoms with E-state index < -0.39 is 0 Å². The second-order valence-corrected chi connectivity index (χ2v) is 6.01. The molecule has 0 amide bonds. The molecule has 22 heavy (non-hydrogen) atoms. The maximum absolute atomic E-state index is 12.0. The summed E-state index contributed by atoms with van der Waals surface area (Å²) >= 11 is 1.60. The third kappa shape index (κ3) is 2.23. The number of pyridine rings is 1. The molecule has 0 saturated carbocycles. The molecule has 0 fully saturated rings. The maximum Gasteiger partial charge on any atom is 0.225 e. The van der Waals surface area contributed by atoms with E-state index in [1.807, 2.05) is 66.7 Å². The van der Waals surface area contributed by atoms with Crippen molar-refractivity contribution in [1.82, 2.24) is 4.98 Å². The van der Waals surface area contributed by atoms with Crippen LogP contribution in [0, 0.1) is 5.21 Å². The summed E-state index contributed by atoms with van der Waals surface area (Å²) in [6.45, 7) is 0. The number of hydrogen-bond acceptors (Lipinski definition) is 3. The van der Waals surface area contributed by atoms with Gasteiger partial charge < -0.3 is 5.21 Å². The highest BCUT2D eigenvalue weighted by Crippen LogP contribution is 2.29. The molecular weight excluding hydrogens is 292 g/mol. The van der Waals surface area contributed by atoms with Crippen LogP contribution in [-0.4, -0.2) is 4.98 Å². The van der Waals surface area contributed by atoms with Crippen molar-refractivity contribution in [2.45, 2.75) is 0 Å². The molecular formula is C18H12N2OS. The van der Waals surface area contributed by atoms with Crippen LogP contribution in [0.5, 0.6) is 0 Å². The van der Waals surface area contributed by atoms with E-state index in [2.05, 4.69) is 4.98 Å². The second-order valence-electron chi connectivity index (χ2n) is 4.98. The van der Waals surface area contributed by atoms with Crippen molar-refractivity contribution >= 4 is 44.6 Å². The topological polar surface area (TPSA) is 39.8 Å². The van der Waals surface area contributed by atoms with E-state index in [-0.39, 0.29) is 0 Å². The fraction of sp³-hybridized carbons (Fsp3) is 0. The molecule has 4 aromatic rings. The Hall–Kier alpha value is -2.72. The smallest absolute Gasteiger partial charge is 0.225 e. The van der Waals surface area contributed by atoms with Crippen LogP contribution in [0.15, 0.2) is 60.8 Å². The molecule has 0 bridgehead atoms. The highest BCUT2D eigenvalue weighted by molar-refractivity contribution is 7.20. The fourth-order valence-electron chi connectivity index (χ4n) is 2.47. The van der Waals surface area contributed by atoms with Gasteiger partial charge in [-0.15, -0.1) is 11.3 Å². The predicted molar refractivity (Wildman–Crippen MR) is 91.5 cm³/mol. The van der Waals surface area contributed by atoms with Gasteiger partial charge in [0.1, 0.15) is 10.5 Å². The number of nitrogens with zero attached hydrogens (tertiary/aromatic N) is 2. The van der Waals surface area contributed by atoms with Crippen LogP contribution in [0.2, 0.25) is 0 Å². The van der Waals surface area contributed by atoms with Crippen molar-refractivity contribution in [2.24, 2.45) is 0 Å². The first-order chi connectivity index (χ1) is 10.8. The molecule has 0 aliphatic carbocycles. The molecule has 2 heterocycles. The summed E-state index contributed by atoms with van der Waals surface area (Å²) in [4.78, 5) is 4.55. The molecule has 3 nitrogen and oxygen atoms in total. The lowest BCUT2D eigenvalue weighted by Gasteiger charge is -2.00. The largest absolute Gasteiger partial charge is 0.618 e. The molecule has 0 aliphatic heterocycles. The molecule has 0 atom stereocenters. The number of fused-ring (bicyclic) bond motifs is 3. The van der Waals surface area contributed by atoms with E-state index in [1.54, 1.807) is 17.5 Å². The van der Waals surface area contributed by atoms with Gasteiger partial charge in [-0.1, -0.05) is 48.5 Å². The van der Waals surface area contributed by atoms with Gasteiger partial charge in [0.05, 0.1) is 10.1 Å². The van der Waals surface area contributed by atoms with E-state index >= 15 is 0 Å². The Morgan fingerprint density at radius 3 is 2.59 bits per heavy atom. The first kappa shape index (κ1) is 13.0. The summed E-state index contributed by atoms with van der Waals surface area (Å²) in [5, 5.41) is 13.9. The van der Waals surface area contributed by atoms with Gasteiger partial charge in [-0.3, -0.25) is 0 Å². The van der Waals surface area contributed by atoms with Crippen LogP contribution in [0.4, 0.5) is 0 Å². The van der Waals surface area contributed by atoms with E-state index in [9.17, 15) is 5.21 Å². The van der Waals surface area contributed by atoms with Gasteiger partial charge in [-0.2, -0.15) is 4.73 Å². The predicted octanol–water partition coefficient (Wildman–Crippen LogP) is 4.25. The van der Waals surface area contributed by atoms with Crippen molar-refractivity contribution in [3.8, 4) is 0 Å². The number of para-hydroxylation sites is 1. The quantitative estimate of drug-likeness (QED) is 0.410. The van der Waals surface area contributed by atoms with Gasteiger partial charge in [0, 0.05) is 6.07 Å². The Bertz CT molecular complexity index is 990. The lowest BCUT2D eigenvalue weighted by molar-refractivity contribution is -0.575. The number of thiazole rings is 1. The molecule has 0 saturated heterocycles. The summed E-state index contributed by atoms with van der Waals surface area (Å²) < 4.78 is 1.94. The van der Waals surface area contributed by atoms with E-state index in [4.69, 9.17) is 0 Å². The first-order valence-corrected chi connectivity index (χ1v) is 7.77. The van der Waals surface area contributed by atoms with Crippen LogP contribution in [0.1, 0.15) is 10.6 Å². The molecule has 106 valence electrons. The molecule has 2 aromatic carbocycles. The normalized spacial score (nSPS) is 11.6.